The van der Waals surface area contributed by atoms with E-state index >= 15 is 0 Å². The van der Waals surface area contributed by atoms with Crippen molar-refractivity contribution in [2.75, 3.05) is 26.8 Å². The third-order valence-electron chi connectivity index (χ3n) is 6.31. The molecule has 0 radical (unpaired) electrons. The maximum absolute atomic E-state index is 12.2. The number of nitrogens with one attached hydrogen (secondary N) is 1. The predicted molar refractivity (Wildman–Crippen MR) is 107 cm³/mol. The van der Waals surface area contributed by atoms with Gasteiger partial charge in [0.15, 0.2) is 18.1 Å². The first-order valence-corrected chi connectivity index (χ1v) is 10.4. The highest BCUT2D eigenvalue weighted by molar-refractivity contribution is 5.78. The Morgan fingerprint density at radius 3 is 2.67 bits per heavy atom. The number of likely N-dealkylation sites (tertiary alicyclic amines) is 1. The van der Waals surface area contributed by atoms with Gasteiger partial charge < -0.3 is 19.7 Å². The third kappa shape index (κ3) is 5.16. The average molecular weight is 375 g/mol. The quantitative estimate of drug-likeness (QED) is 0.792. The molecule has 1 aliphatic heterocycles. The zero-order valence-electron chi connectivity index (χ0n) is 17.0. The molecule has 5 nitrogen and oxygen atoms in total. The van der Waals surface area contributed by atoms with Crippen LogP contribution in [0.2, 0.25) is 0 Å². The Bertz CT molecular complexity index is 628. The van der Waals surface area contributed by atoms with Crippen LogP contribution in [0.5, 0.6) is 11.5 Å². The average Bonchev–Trinajstić information content (AvgIpc) is 3.22. The lowest BCUT2D eigenvalue weighted by Crippen LogP contribution is -2.40. The molecule has 1 heterocycles. The molecular weight excluding hydrogens is 340 g/mol. The molecule has 0 unspecified atom stereocenters. The summed E-state index contributed by atoms with van der Waals surface area (Å²) in [4.78, 5) is 14.0. The summed E-state index contributed by atoms with van der Waals surface area (Å²) < 4.78 is 11.2. The van der Waals surface area contributed by atoms with Crippen LogP contribution in [-0.4, -0.2) is 43.7 Å². The second kappa shape index (κ2) is 9.45. The molecule has 1 amide bonds. The van der Waals surface area contributed by atoms with Gasteiger partial charge in [0.25, 0.3) is 5.91 Å². The van der Waals surface area contributed by atoms with Gasteiger partial charge in [-0.15, -0.1) is 0 Å². The van der Waals surface area contributed by atoms with Gasteiger partial charge in [0.2, 0.25) is 0 Å². The van der Waals surface area contributed by atoms with Crippen molar-refractivity contribution in [1.29, 1.82) is 0 Å². The van der Waals surface area contributed by atoms with Gasteiger partial charge in [0.05, 0.1) is 7.11 Å². The lowest BCUT2D eigenvalue weighted by molar-refractivity contribution is -0.132. The minimum atomic E-state index is 0.0562. The first kappa shape index (κ1) is 20.0. The number of benzene rings is 1. The van der Waals surface area contributed by atoms with E-state index in [4.69, 9.17) is 9.47 Å². The Labute approximate surface area is 163 Å². The van der Waals surface area contributed by atoms with Crippen LogP contribution in [0.25, 0.3) is 0 Å². The van der Waals surface area contributed by atoms with Crippen molar-refractivity contribution in [3.63, 3.8) is 0 Å². The molecule has 1 saturated carbocycles. The smallest absolute Gasteiger partial charge is 0.260 e. The Morgan fingerprint density at radius 2 is 1.93 bits per heavy atom. The number of carbonyl (C=O) groups excluding carboxylic acids is 1. The molecule has 2 aliphatic rings. The largest absolute Gasteiger partial charge is 0.493 e. The highest BCUT2D eigenvalue weighted by Crippen LogP contribution is 2.31. The summed E-state index contributed by atoms with van der Waals surface area (Å²) in [6, 6.07) is 6.57. The Balaban J connectivity index is 1.54. The van der Waals surface area contributed by atoms with E-state index < -0.39 is 0 Å². The number of rotatable bonds is 7. The second-order valence-corrected chi connectivity index (χ2v) is 8.12. The fraction of sp³-hybridized carbons (Fsp3) is 0.682. The lowest BCUT2D eigenvalue weighted by Gasteiger charge is -2.34. The van der Waals surface area contributed by atoms with Gasteiger partial charge in [0, 0.05) is 25.7 Å². The van der Waals surface area contributed by atoms with Crippen LogP contribution in [0.4, 0.5) is 0 Å². The van der Waals surface area contributed by atoms with Gasteiger partial charge in [-0.05, 0) is 48.8 Å². The summed E-state index contributed by atoms with van der Waals surface area (Å²) in [7, 11) is 1.65. The van der Waals surface area contributed by atoms with E-state index in [9.17, 15) is 4.79 Å². The van der Waals surface area contributed by atoms with Gasteiger partial charge >= 0.3 is 0 Å². The molecule has 150 valence electrons. The SMILES string of the molecule is COc1cc(CN[C@H]2CCC[C@H](C)[C@@H]2C)ccc1OCC(=O)N1CCCC1. The summed E-state index contributed by atoms with van der Waals surface area (Å²) in [5.74, 6) is 2.87. The number of methoxy groups -OCH3 is 1. The van der Waals surface area contributed by atoms with Crippen LogP contribution in [0.1, 0.15) is 51.5 Å². The van der Waals surface area contributed by atoms with Crippen LogP contribution in [0, 0.1) is 11.8 Å². The summed E-state index contributed by atoms with van der Waals surface area (Å²) in [5.41, 5.74) is 1.18. The molecule has 0 spiro atoms. The first-order valence-electron chi connectivity index (χ1n) is 10.4. The summed E-state index contributed by atoms with van der Waals surface area (Å²) >= 11 is 0. The van der Waals surface area contributed by atoms with Crippen molar-refractivity contribution >= 4 is 5.91 Å². The molecule has 3 rings (SSSR count). The number of hydrogen-bond acceptors (Lipinski definition) is 4. The zero-order chi connectivity index (χ0) is 19.2. The molecule has 1 aromatic carbocycles. The topological polar surface area (TPSA) is 50.8 Å². The van der Waals surface area contributed by atoms with E-state index in [1.54, 1.807) is 7.11 Å². The van der Waals surface area contributed by atoms with Crippen LogP contribution in [0.15, 0.2) is 18.2 Å². The van der Waals surface area contributed by atoms with Crippen LogP contribution in [0.3, 0.4) is 0 Å². The van der Waals surface area contributed by atoms with Crippen LogP contribution in [-0.2, 0) is 11.3 Å². The minimum absolute atomic E-state index is 0.0562. The van der Waals surface area contributed by atoms with Crippen molar-refractivity contribution < 1.29 is 14.3 Å². The van der Waals surface area contributed by atoms with E-state index in [2.05, 4.69) is 25.2 Å². The van der Waals surface area contributed by atoms with Gasteiger partial charge in [-0.3, -0.25) is 4.79 Å². The maximum Gasteiger partial charge on any atom is 0.260 e. The predicted octanol–water partition coefficient (Wildman–Crippen LogP) is 3.61. The molecule has 1 saturated heterocycles. The van der Waals surface area contributed by atoms with Gasteiger partial charge in [-0.2, -0.15) is 0 Å². The van der Waals surface area contributed by atoms with E-state index in [0.29, 0.717) is 23.5 Å². The van der Waals surface area contributed by atoms with Gasteiger partial charge in [0.1, 0.15) is 0 Å². The van der Waals surface area contributed by atoms with E-state index in [0.717, 1.165) is 38.4 Å². The normalized spacial score (nSPS) is 25.4. The molecule has 0 bridgehead atoms. The second-order valence-electron chi connectivity index (χ2n) is 8.12. The van der Waals surface area contributed by atoms with Crippen molar-refractivity contribution in [1.82, 2.24) is 10.2 Å². The van der Waals surface area contributed by atoms with Crippen molar-refractivity contribution in [3.8, 4) is 11.5 Å². The molecule has 1 N–H and O–H groups in total. The molecule has 1 aromatic rings. The van der Waals surface area contributed by atoms with Gasteiger partial charge in [-0.25, -0.2) is 0 Å². The lowest BCUT2D eigenvalue weighted by atomic mass is 9.78. The van der Waals surface area contributed by atoms with Crippen molar-refractivity contribution in [3.05, 3.63) is 23.8 Å². The van der Waals surface area contributed by atoms with E-state index in [-0.39, 0.29) is 12.5 Å². The highest BCUT2D eigenvalue weighted by atomic mass is 16.5. The Kier molecular flexibility index (Phi) is 7.00. The number of amides is 1. The molecule has 27 heavy (non-hydrogen) atoms. The Hall–Kier alpha value is -1.75. The summed E-state index contributed by atoms with van der Waals surface area (Å²) in [6.45, 7) is 7.31. The molecule has 3 atom stereocenters. The number of ether oxygens (including phenoxy) is 2. The summed E-state index contributed by atoms with van der Waals surface area (Å²) in [6.07, 6.45) is 6.09. The van der Waals surface area contributed by atoms with Gasteiger partial charge in [-0.1, -0.05) is 32.8 Å². The van der Waals surface area contributed by atoms with E-state index in [1.165, 1.54) is 24.8 Å². The monoisotopic (exact) mass is 374 g/mol. The van der Waals surface area contributed by atoms with Crippen molar-refractivity contribution in [2.24, 2.45) is 11.8 Å². The number of carbonyl (C=O) groups is 1. The molecular formula is C22H34N2O3. The minimum Gasteiger partial charge on any atom is -0.493 e. The zero-order valence-corrected chi connectivity index (χ0v) is 17.0. The summed E-state index contributed by atoms with van der Waals surface area (Å²) in [5, 5.41) is 3.72. The fourth-order valence-electron chi connectivity index (χ4n) is 4.26. The maximum atomic E-state index is 12.2. The van der Waals surface area contributed by atoms with Crippen molar-refractivity contribution in [2.45, 2.75) is 58.5 Å². The molecule has 5 heteroatoms. The van der Waals surface area contributed by atoms with Crippen LogP contribution < -0.4 is 14.8 Å². The Morgan fingerprint density at radius 1 is 1.15 bits per heavy atom. The highest BCUT2D eigenvalue weighted by Gasteiger charge is 2.26. The standard InChI is InChI=1S/C22H34N2O3/c1-16-7-6-8-19(17(16)2)23-14-18-9-10-20(21(13-18)26-3)27-15-22(25)24-11-4-5-12-24/h9-10,13,16-17,19,23H,4-8,11-12,14-15H2,1-3H3/t16-,17-,19-/m0/s1. The van der Waals surface area contributed by atoms with E-state index in [1.807, 2.05) is 17.0 Å². The first-order chi connectivity index (χ1) is 13.1. The molecule has 0 aromatic heterocycles. The molecule has 1 aliphatic carbocycles. The third-order valence-corrected chi connectivity index (χ3v) is 6.31. The van der Waals surface area contributed by atoms with Crippen LogP contribution >= 0.6 is 0 Å². The fourth-order valence-corrected chi connectivity index (χ4v) is 4.26. The molecule has 2 fully saturated rings. The number of nitrogens with zero attached hydrogens (tertiary/aromatic N) is 1. The number of hydrogen-bond donors (Lipinski definition) is 1.